The van der Waals surface area contributed by atoms with Crippen LogP contribution in [-0.2, 0) is 11.8 Å². The fourth-order valence-electron chi connectivity index (χ4n) is 1.22. The number of nitrogens with one attached hydrogen (secondary N) is 1. The molecule has 82 valence electrons. The van der Waals surface area contributed by atoms with Crippen molar-refractivity contribution in [1.82, 2.24) is 9.78 Å². The van der Waals surface area contributed by atoms with Gasteiger partial charge >= 0.3 is 11.7 Å². The van der Waals surface area contributed by atoms with Gasteiger partial charge in [0.25, 0.3) is 0 Å². The Kier molecular flexibility index (Phi) is 2.88. The summed E-state index contributed by atoms with van der Waals surface area (Å²) in [4.78, 5) is 20.4. The van der Waals surface area contributed by atoms with Crippen molar-refractivity contribution in [2.75, 3.05) is 11.9 Å². The van der Waals surface area contributed by atoms with Crippen LogP contribution in [0.3, 0.4) is 0 Å². The Morgan fingerprint density at radius 1 is 1.73 bits per heavy atom. The number of carboxylic acid groups (broad SMARTS) is 1. The summed E-state index contributed by atoms with van der Waals surface area (Å²) in [5.74, 6) is -0.997. The molecule has 0 saturated heterocycles. The van der Waals surface area contributed by atoms with E-state index >= 15 is 0 Å². The zero-order chi connectivity index (χ0) is 11.6. The summed E-state index contributed by atoms with van der Waals surface area (Å²) in [7, 11) is 1.50. The smallest absolute Gasteiger partial charge is 0.333 e. The second-order valence-electron chi connectivity index (χ2n) is 2.91. The number of rotatable bonds is 4. The summed E-state index contributed by atoms with van der Waals surface area (Å²) in [6.07, 6.45) is 0. The maximum Gasteiger partial charge on any atom is 0.333 e. The molecule has 0 amide bonds. The van der Waals surface area contributed by atoms with Gasteiger partial charge in [0.05, 0.1) is 4.92 Å². The summed E-state index contributed by atoms with van der Waals surface area (Å²) >= 11 is 0. The van der Waals surface area contributed by atoms with E-state index in [0.29, 0.717) is 0 Å². The summed E-state index contributed by atoms with van der Waals surface area (Å²) < 4.78 is 1.25. The molecule has 2 N–H and O–H groups in total. The Morgan fingerprint density at radius 2 is 2.33 bits per heavy atom. The summed E-state index contributed by atoms with van der Waals surface area (Å²) in [5.41, 5.74) is 0.0501. The molecule has 8 heteroatoms. The Hall–Kier alpha value is -2.12. The SMILES string of the molecule is Cc1nn(C)c(NCC(=O)O)c1[N+](=O)[O-]. The second-order valence-corrected chi connectivity index (χ2v) is 2.91. The van der Waals surface area contributed by atoms with Crippen LogP contribution >= 0.6 is 0 Å². The molecular weight excluding hydrogens is 204 g/mol. The number of hydrogen-bond acceptors (Lipinski definition) is 5. The summed E-state index contributed by atoms with van der Waals surface area (Å²) in [5, 5.41) is 25.4. The lowest BCUT2D eigenvalue weighted by atomic mass is 10.4. The molecule has 1 aromatic rings. The molecule has 1 rings (SSSR count). The third-order valence-corrected chi connectivity index (χ3v) is 1.78. The minimum absolute atomic E-state index is 0.0971. The first-order valence-electron chi connectivity index (χ1n) is 4.07. The van der Waals surface area contributed by atoms with Crippen LogP contribution in [0.15, 0.2) is 0 Å². The van der Waals surface area contributed by atoms with Crippen molar-refractivity contribution < 1.29 is 14.8 Å². The molecule has 0 unspecified atom stereocenters. The summed E-state index contributed by atoms with van der Waals surface area (Å²) in [6, 6.07) is 0. The van der Waals surface area contributed by atoms with Gasteiger partial charge < -0.3 is 10.4 Å². The Balaban J connectivity index is 3.04. The zero-order valence-electron chi connectivity index (χ0n) is 8.22. The van der Waals surface area contributed by atoms with Crippen molar-refractivity contribution in [2.45, 2.75) is 6.92 Å². The van der Waals surface area contributed by atoms with Gasteiger partial charge in [-0.2, -0.15) is 5.10 Å². The van der Waals surface area contributed by atoms with E-state index in [1.54, 1.807) is 0 Å². The van der Waals surface area contributed by atoms with Gasteiger partial charge in [-0.1, -0.05) is 0 Å². The van der Waals surface area contributed by atoms with Crippen LogP contribution in [0.2, 0.25) is 0 Å². The van der Waals surface area contributed by atoms with Gasteiger partial charge in [-0.25, -0.2) is 4.68 Å². The van der Waals surface area contributed by atoms with Crippen molar-refractivity contribution in [3.8, 4) is 0 Å². The van der Waals surface area contributed by atoms with Crippen molar-refractivity contribution in [3.05, 3.63) is 15.8 Å². The number of aliphatic carboxylic acids is 1. The van der Waals surface area contributed by atoms with E-state index in [1.807, 2.05) is 0 Å². The molecule has 0 aliphatic carbocycles. The number of aromatic nitrogens is 2. The number of nitrogens with zero attached hydrogens (tertiary/aromatic N) is 3. The van der Waals surface area contributed by atoms with Crippen molar-refractivity contribution in [1.29, 1.82) is 0 Å². The first-order valence-corrected chi connectivity index (χ1v) is 4.07. The van der Waals surface area contributed by atoms with E-state index in [-0.39, 0.29) is 23.7 Å². The molecule has 0 radical (unpaired) electrons. The number of anilines is 1. The van der Waals surface area contributed by atoms with Gasteiger partial charge in [0.2, 0.25) is 5.82 Å². The minimum atomic E-state index is -1.09. The monoisotopic (exact) mass is 214 g/mol. The molecule has 1 aromatic heterocycles. The van der Waals surface area contributed by atoms with Gasteiger partial charge in [-0.05, 0) is 6.92 Å². The lowest BCUT2D eigenvalue weighted by Gasteiger charge is -2.01. The van der Waals surface area contributed by atoms with Crippen LogP contribution in [0.5, 0.6) is 0 Å². The van der Waals surface area contributed by atoms with Crippen LogP contribution in [0.1, 0.15) is 5.69 Å². The highest BCUT2D eigenvalue weighted by Gasteiger charge is 2.23. The van der Waals surface area contributed by atoms with Gasteiger partial charge in [0.15, 0.2) is 0 Å². The second kappa shape index (κ2) is 3.95. The van der Waals surface area contributed by atoms with Crippen molar-refractivity contribution >= 4 is 17.5 Å². The van der Waals surface area contributed by atoms with E-state index in [1.165, 1.54) is 18.7 Å². The topological polar surface area (TPSA) is 110 Å². The fourth-order valence-corrected chi connectivity index (χ4v) is 1.22. The average Bonchev–Trinajstić information content (AvgIpc) is 2.37. The van der Waals surface area contributed by atoms with E-state index < -0.39 is 10.9 Å². The first-order chi connectivity index (χ1) is 6.93. The maximum atomic E-state index is 10.7. The lowest BCUT2D eigenvalue weighted by Crippen LogP contribution is -2.15. The van der Waals surface area contributed by atoms with E-state index in [9.17, 15) is 14.9 Å². The summed E-state index contributed by atoms with van der Waals surface area (Å²) in [6.45, 7) is 1.10. The molecular formula is C7H10N4O4. The van der Waals surface area contributed by atoms with Crippen LogP contribution in [0.25, 0.3) is 0 Å². The molecule has 0 aliphatic heterocycles. The standard InChI is InChI=1S/C7H10N4O4/c1-4-6(11(14)15)7(10(2)9-4)8-3-5(12)13/h8H,3H2,1-2H3,(H,12,13). The van der Waals surface area contributed by atoms with Crippen LogP contribution in [-0.4, -0.2) is 32.3 Å². The molecule has 0 saturated carbocycles. The Bertz CT molecular complexity index is 411. The minimum Gasteiger partial charge on any atom is -0.480 e. The molecule has 1 heterocycles. The zero-order valence-corrected chi connectivity index (χ0v) is 8.22. The number of carbonyl (C=O) groups is 1. The number of carboxylic acids is 1. The normalized spacial score (nSPS) is 10.0. The number of hydrogen-bond donors (Lipinski definition) is 2. The van der Waals surface area contributed by atoms with E-state index in [4.69, 9.17) is 5.11 Å². The Labute approximate surface area is 84.7 Å². The molecule has 0 aromatic carbocycles. The fraction of sp³-hybridized carbons (Fsp3) is 0.429. The van der Waals surface area contributed by atoms with Crippen LogP contribution in [0.4, 0.5) is 11.5 Å². The predicted molar refractivity (Wildman–Crippen MR) is 50.7 cm³/mol. The third-order valence-electron chi connectivity index (χ3n) is 1.78. The highest BCUT2D eigenvalue weighted by atomic mass is 16.6. The Morgan fingerprint density at radius 3 is 2.80 bits per heavy atom. The molecule has 0 spiro atoms. The quantitative estimate of drug-likeness (QED) is 0.544. The number of nitro groups is 1. The van der Waals surface area contributed by atoms with Crippen LogP contribution in [0, 0.1) is 17.0 Å². The highest BCUT2D eigenvalue weighted by molar-refractivity contribution is 5.74. The van der Waals surface area contributed by atoms with Gasteiger partial charge in [-0.15, -0.1) is 0 Å². The molecule has 0 aliphatic rings. The molecule has 0 fully saturated rings. The van der Waals surface area contributed by atoms with Gasteiger partial charge in [0, 0.05) is 7.05 Å². The third kappa shape index (κ3) is 2.22. The largest absolute Gasteiger partial charge is 0.480 e. The van der Waals surface area contributed by atoms with Crippen LogP contribution < -0.4 is 5.32 Å². The van der Waals surface area contributed by atoms with Crippen molar-refractivity contribution in [3.63, 3.8) is 0 Å². The van der Waals surface area contributed by atoms with Gasteiger partial charge in [0.1, 0.15) is 12.2 Å². The van der Waals surface area contributed by atoms with E-state index in [0.717, 1.165) is 0 Å². The van der Waals surface area contributed by atoms with E-state index in [2.05, 4.69) is 10.4 Å². The first kappa shape index (κ1) is 11.0. The van der Waals surface area contributed by atoms with Gasteiger partial charge in [-0.3, -0.25) is 14.9 Å². The van der Waals surface area contributed by atoms with Crippen molar-refractivity contribution in [2.24, 2.45) is 7.05 Å². The molecule has 15 heavy (non-hydrogen) atoms. The highest BCUT2D eigenvalue weighted by Crippen LogP contribution is 2.26. The number of aryl methyl sites for hydroxylation is 2. The maximum absolute atomic E-state index is 10.7. The molecule has 0 bridgehead atoms. The predicted octanol–water partition coefficient (Wildman–Crippen LogP) is 0.133. The average molecular weight is 214 g/mol. The molecule has 0 atom stereocenters. The molecule has 8 nitrogen and oxygen atoms in total. The lowest BCUT2D eigenvalue weighted by molar-refractivity contribution is -0.384.